The van der Waals surface area contributed by atoms with Crippen LogP contribution in [0.25, 0.3) is 0 Å². The number of carbonyl (C=O) groups is 2. The summed E-state index contributed by atoms with van der Waals surface area (Å²) in [7, 11) is 0. The van der Waals surface area contributed by atoms with Crippen molar-refractivity contribution in [3.05, 3.63) is 59.4 Å². The zero-order valence-electron chi connectivity index (χ0n) is 21.7. The van der Waals surface area contributed by atoms with Crippen molar-refractivity contribution in [3.8, 4) is 5.75 Å². The lowest BCUT2D eigenvalue weighted by Crippen LogP contribution is -2.45. The number of aliphatic hydroxyl groups is 1. The molecule has 0 aliphatic carbocycles. The number of carboxylic acid groups (broad SMARTS) is 1. The maximum absolute atomic E-state index is 13.4. The summed E-state index contributed by atoms with van der Waals surface area (Å²) in [6.07, 6.45) is 6.25. The summed E-state index contributed by atoms with van der Waals surface area (Å²) in [6, 6.07) is 11.5. The molecular weight excluding hydrogens is 470 g/mol. The third-order valence-electron chi connectivity index (χ3n) is 7.66. The smallest absolute Gasteiger partial charge is 0.308 e. The number of carboxylic acids is 1. The number of aliphatic hydroxyl groups excluding tert-OH is 1. The molecule has 0 spiro atoms. The fraction of sp³-hybridized carbons (Fsp3) is 0.552. The van der Waals surface area contributed by atoms with Crippen molar-refractivity contribution in [3.63, 3.8) is 0 Å². The Hall–Kier alpha value is -2.97. The number of hydrogen-bond acceptors (Lipinski definition) is 6. The van der Waals surface area contributed by atoms with E-state index in [1.54, 1.807) is 6.20 Å². The van der Waals surface area contributed by atoms with E-state index in [4.69, 9.17) is 4.74 Å². The molecule has 1 unspecified atom stereocenters. The van der Waals surface area contributed by atoms with Crippen molar-refractivity contribution in [2.45, 2.75) is 57.4 Å². The number of unbranched alkanes of at least 4 members (excludes halogenated alkanes) is 1. The first-order chi connectivity index (χ1) is 18.0. The molecule has 2 aromatic rings. The molecule has 8 nitrogen and oxygen atoms in total. The minimum atomic E-state index is -0.828. The number of ether oxygens (including phenoxy) is 1. The third-order valence-corrected chi connectivity index (χ3v) is 7.66. The Balaban J connectivity index is 1.59. The van der Waals surface area contributed by atoms with Gasteiger partial charge in [-0.3, -0.25) is 19.5 Å². The molecule has 0 radical (unpaired) electrons. The summed E-state index contributed by atoms with van der Waals surface area (Å²) in [5, 5.41) is 19.7. The number of amides is 1. The van der Waals surface area contributed by atoms with Crippen LogP contribution < -0.4 is 4.74 Å². The van der Waals surface area contributed by atoms with Gasteiger partial charge in [0.25, 0.3) is 0 Å². The van der Waals surface area contributed by atoms with Gasteiger partial charge in [0.05, 0.1) is 19.1 Å². The molecule has 1 saturated heterocycles. The van der Waals surface area contributed by atoms with E-state index in [2.05, 4.69) is 22.9 Å². The molecule has 3 heterocycles. The first-order valence-corrected chi connectivity index (χ1v) is 13.5. The van der Waals surface area contributed by atoms with Gasteiger partial charge in [0.1, 0.15) is 5.75 Å². The molecule has 37 heavy (non-hydrogen) atoms. The van der Waals surface area contributed by atoms with E-state index in [-0.39, 0.29) is 31.0 Å². The second-order valence-corrected chi connectivity index (χ2v) is 10.1. The third kappa shape index (κ3) is 6.67. The van der Waals surface area contributed by atoms with Crippen molar-refractivity contribution in [1.29, 1.82) is 0 Å². The highest BCUT2D eigenvalue weighted by molar-refractivity contribution is 5.79. The van der Waals surface area contributed by atoms with Gasteiger partial charge in [-0.25, -0.2) is 0 Å². The lowest BCUT2D eigenvalue weighted by molar-refractivity contribution is -0.143. The SMILES string of the molecule is CCCCN(CCCO)C(=O)CN1C[C@H](c2ccc3c(c2)CCO3)C(C(=O)O)[C@@H]1CCc1ccccn1. The van der Waals surface area contributed by atoms with E-state index >= 15 is 0 Å². The Morgan fingerprint density at radius 1 is 1.19 bits per heavy atom. The summed E-state index contributed by atoms with van der Waals surface area (Å²) >= 11 is 0. The largest absolute Gasteiger partial charge is 0.493 e. The Labute approximate surface area is 219 Å². The van der Waals surface area contributed by atoms with Gasteiger partial charge in [-0.15, -0.1) is 0 Å². The number of aliphatic carboxylic acids is 1. The fourth-order valence-electron chi connectivity index (χ4n) is 5.71. The second-order valence-electron chi connectivity index (χ2n) is 10.1. The Kier molecular flexibility index (Phi) is 9.52. The van der Waals surface area contributed by atoms with E-state index in [9.17, 15) is 19.8 Å². The second kappa shape index (κ2) is 13.0. The predicted molar refractivity (Wildman–Crippen MR) is 141 cm³/mol. The molecule has 1 amide bonds. The average Bonchev–Trinajstić information content (AvgIpc) is 3.52. The van der Waals surface area contributed by atoms with Crippen LogP contribution in [-0.2, 0) is 22.4 Å². The molecule has 3 atom stereocenters. The Bertz CT molecular complexity index is 1040. The van der Waals surface area contributed by atoms with Gasteiger partial charge >= 0.3 is 5.97 Å². The monoisotopic (exact) mass is 509 g/mol. The molecule has 1 fully saturated rings. The van der Waals surface area contributed by atoms with Crippen molar-refractivity contribution in [2.24, 2.45) is 5.92 Å². The fourth-order valence-corrected chi connectivity index (χ4v) is 5.71. The maximum atomic E-state index is 13.4. The zero-order chi connectivity index (χ0) is 26.2. The predicted octanol–water partition coefficient (Wildman–Crippen LogP) is 3.13. The van der Waals surface area contributed by atoms with Gasteiger partial charge in [-0.1, -0.05) is 31.5 Å². The van der Waals surface area contributed by atoms with Crippen LogP contribution in [0.4, 0.5) is 0 Å². The van der Waals surface area contributed by atoms with Crippen molar-refractivity contribution >= 4 is 11.9 Å². The standard InChI is InChI=1S/C29H39N3O5/c1-2-3-14-31(15-6-16-33)27(34)20-32-19-24(21-8-11-26-22(18-21)12-17-37-26)28(29(35)36)25(32)10-9-23-7-4-5-13-30-23/h4-5,7-8,11,13,18,24-25,28,33H,2-3,6,9-10,12,14-17,19-20H2,1H3,(H,35,36)/t24-,25+,28?/m1/s1. The van der Waals surface area contributed by atoms with E-state index in [0.717, 1.165) is 41.8 Å². The van der Waals surface area contributed by atoms with E-state index in [1.165, 1.54) is 0 Å². The summed E-state index contributed by atoms with van der Waals surface area (Å²) < 4.78 is 5.66. The molecule has 200 valence electrons. The number of pyridine rings is 1. The molecule has 2 aliphatic rings. The number of likely N-dealkylation sites (tertiary alicyclic amines) is 1. The van der Waals surface area contributed by atoms with E-state index < -0.39 is 11.9 Å². The molecule has 4 rings (SSSR count). The average molecular weight is 510 g/mol. The van der Waals surface area contributed by atoms with Gasteiger partial charge in [0.15, 0.2) is 0 Å². The number of hydrogen-bond donors (Lipinski definition) is 2. The summed E-state index contributed by atoms with van der Waals surface area (Å²) in [5.41, 5.74) is 3.04. The van der Waals surface area contributed by atoms with E-state index in [0.29, 0.717) is 45.5 Å². The molecule has 1 aromatic carbocycles. The highest BCUT2D eigenvalue weighted by atomic mass is 16.5. The van der Waals surface area contributed by atoms with Crippen LogP contribution in [0, 0.1) is 5.92 Å². The highest BCUT2D eigenvalue weighted by Gasteiger charge is 2.47. The maximum Gasteiger partial charge on any atom is 0.308 e. The van der Waals surface area contributed by atoms with Gasteiger partial charge in [0, 0.05) is 56.5 Å². The van der Waals surface area contributed by atoms with Crippen LogP contribution >= 0.6 is 0 Å². The van der Waals surface area contributed by atoms with E-state index in [1.807, 2.05) is 35.2 Å². The molecule has 0 saturated carbocycles. The Morgan fingerprint density at radius 3 is 2.76 bits per heavy atom. The van der Waals surface area contributed by atoms with Crippen molar-refractivity contribution in [2.75, 3.05) is 39.4 Å². The first kappa shape index (κ1) is 27.1. The zero-order valence-corrected chi connectivity index (χ0v) is 21.7. The van der Waals surface area contributed by atoms with Crippen LogP contribution in [0.3, 0.4) is 0 Å². The number of benzene rings is 1. The first-order valence-electron chi connectivity index (χ1n) is 13.5. The van der Waals surface area contributed by atoms with Crippen LogP contribution in [0.2, 0.25) is 0 Å². The molecular formula is C29H39N3O5. The number of nitrogens with zero attached hydrogens (tertiary/aromatic N) is 3. The minimum Gasteiger partial charge on any atom is -0.493 e. The lowest BCUT2D eigenvalue weighted by Gasteiger charge is -2.29. The van der Waals surface area contributed by atoms with Gasteiger partial charge in [-0.05, 0) is 55.0 Å². The lowest BCUT2D eigenvalue weighted by atomic mass is 9.83. The number of aryl methyl sites for hydroxylation is 1. The van der Waals surface area contributed by atoms with Crippen LogP contribution in [0.15, 0.2) is 42.6 Å². The quantitative estimate of drug-likeness (QED) is 0.428. The van der Waals surface area contributed by atoms with Gasteiger partial charge in [-0.2, -0.15) is 0 Å². The minimum absolute atomic E-state index is 0.00289. The number of aromatic nitrogens is 1. The molecule has 2 aliphatic heterocycles. The van der Waals surface area contributed by atoms with Gasteiger partial charge in [0.2, 0.25) is 5.91 Å². The summed E-state index contributed by atoms with van der Waals surface area (Å²) in [5.74, 6) is -0.796. The van der Waals surface area contributed by atoms with Crippen molar-refractivity contribution < 1.29 is 24.5 Å². The van der Waals surface area contributed by atoms with Crippen LogP contribution in [-0.4, -0.2) is 82.3 Å². The van der Waals surface area contributed by atoms with Crippen LogP contribution in [0.5, 0.6) is 5.75 Å². The summed E-state index contributed by atoms with van der Waals surface area (Å²) in [4.78, 5) is 34.5. The number of carbonyl (C=O) groups excluding carboxylic acids is 1. The number of rotatable bonds is 13. The Morgan fingerprint density at radius 2 is 2.03 bits per heavy atom. The highest BCUT2D eigenvalue weighted by Crippen LogP contribution is 2.41. The number of fused-ring (bicyclic) bond motifs is 1. The van der Waals surface area contributed by atoms with Crippen molar-refractivity contribution in [1.82, 2.24) is 14.8 Å². The molecule has 2 N–H and O–H groups in total. The molecule has 8 heteroatoms. The molecule has 1 aromatic heterocycles. The summed E-state index contributed by atoms with van der Waals surface area (Å²) in [6.45, 7) is 4.63. The van der Waals surface area contributed by atoms with Gasteiger partial charge < -0.3 is 19.8 Å². The molecule has 0 bridgehead atoms. The topological polar surface area (TPSA) is 103 Å². The normalized spacial score (nSPS) is 21.0. The van der Waals surface area contributed by atoms with Crippen LogP contribution in [0.1, 0.15) is 55.3 Å².